The predicted molar refractivity (Wildman–Crippen MR) is 74.3 cm³/mol. The van der Waals surface area contributed by atoms with E-state index in [1.54, 1.807) is 11.3 Å². The molecule has 0 aliphatic heterocycles. The molecule has 0 amide bonds. The van der Waals surface area contributed by atoms with Gasteiger partial charge in [0.2, 0.25) is 0 Å². The standard InChI is InChI=1S/C12H13BrN2OS/c1-2-16-9-5-3-8(4-6-9)11-12(13)17-10(7-14)15-11/h3-6H,2,7,14H2,1H3. The molecule has 5 heteroatoms. The van der Waals surface area contributed by atoms with Crippen LogP contribution < -0.4 is 10.5 Å². The molecule has 0 fully saturated rings. The highest BCUT2D eigenvalue weighted by atomic mass is 79.9. The maximum atomic E-state index is 5.58. The van der Waals surface area contributed by atoms with Crippen LogP contribution in [0.3, 0.4) is 0 Å². The van der Waals surface area contributed by atoms with Crippen molar-refractivity contribution in [3.8, 4) is 17.0 Å². The van der Waals surface area contributed by atoms with E-state index < -0.39 is 0 Å². The number of hydrogen-bond donors (Lipinski definition) is 1. The van der Waals surface area contributed by atoms with E-state index in [-0.39, 0.29) is 0 Å². The Bertz CT molecular complexity index is 496. The van der Waals surface area contributed by atoms with Gasteiger partial charge in [-0.1, -0.05) is 0 Å². The molecule has 1 heterocycles. The van der Waals surface area contributed by atoms with E-state index in [1.165, 1.54) is 0 Å². The first-order chi connectivity index (χ1) is 8.24. The maximum Gasteiger partial charge on any atom is 0.119 e. The van der Waals surface area contributed by atoms with Crippen molar-refractivity contribution in [2.24, 2.45) is 5.73 Å². The summed E-state index contributed by atoms with van der Waals surface area (Å²) in [4.78, 5) is 4.48. The van der Waals surface area contributed by atoms with E-state index >= 15 is 0 Å². The van der Waals surface area contributed by atoms with Gasteiger partial charge in [0.05, 0.1) is 16.1 Å². The fraction of sp³-hybridized carbons (Fsp3) is 0.250. The summed E-state index contributed by atoms with van der Waals surface area (Å²) in [5, 5.41) is 0.931. The van der Waals surface area contributed by atoms with Crippen LogP contribution in [0.15, 0.2) is 28.1 Å². The van der Waals surface area contributed by atoms with Gasteiger partial charge in [-0.3, -0.25) is 0 Å². The molecule has 0 aliphatic carbocycles. The van der Waals surface area contributed by atoms with Crippen molar-refractivity contribution in [3.63, 3.8) is 0 Å². The molecule has 1 aromatic heterocycles. The van der Waals surface area contributed by atoms with Gasteiger partial charge in [0.1, 0.15) is 10.8 Å². The first-order valence-corrected chi connectivity index (χ1v) is 6.94. The zero-order valence-corrected chi connectivity index (χ0v) is 11.8. The van der Waals surface area contributed by atoms with Gasteiger partial charge in [0, 0.05) is 12.1 Å². The van der Waals surface area contributed by atoms with Crippen molar-refractivity contribution >= 4 is 27.3 Å². The van der Waals surface area contributed by atoms with Crippen molar-refractivity contribution < 1.29 is 4.74 Å². The lowest BCUT2D eigenvalue weighted by atomic mass is 10.2. The molecule has 2 N–H and O–H groups in total. The van der Waals surface area contributed by atoms with Gasteiger partial charge >= 0.3 is 0 Å². The van der Waals surface area contributed by atoms with Crippen LogP contribution in [0.25, 0.3) is 11.3 Å². The van der Waals surface area contributed by atoms with Gasteiger partial charge in [-0.05, 0) is 47.1 Å². The summed E-state index contributed by atoms with van der Waals surface area (Å²) in [6, 6.07) is 7.91. The molecule has 0 atom stereocenters. The lowest BCUT2D eigenvalue weighted by Gasteiger charge is -2.03. The second-order valence-electron chi connectivity index (χ2n) is 3.39. The Morgan fingerprint density at radius 1 is 1.35 bits per heavy atom. The minimum atomic E-state index is 0.473. The van der Waals surface area contributed by atoms with E-state index in [4.69, 9.17) is 10.5 Å². The molecular weight excluding hydrogens is 300 g/mol. The predicted octanol–water partition coefficient (Wildman–Crippen LogP) is 3.43. The molecule has 1 aromatic carbocycles. The van der Waals surface area contributed by atoms with Crippen molar-refractivity contribution in [2.45, 2.75) is 13.5 Å². The molecule has 0 saturated carbocycles. The van der Waals surface area contributed by atoms with Crippen molar-refractivity contribution in [1.29, 1.82) is 0 Å². The van der Waals surface area contributed by atoms with Crippen LogP contribution in [0.1, 0.15) is 11.9 Å². The van der Waals surface area contributed by atoms with Crippen LogP contribution in [0.4, 0.5) is 0 Å². The number of hydrogen-bond acceptors (Lipinski definition) is 4. The highest BCUT2D eigenvalue weighted by molar-refractivity contribution is 9.11. The third-order valence-corrected chi connectivity index (χ3v) is 3.97. The molecule has 0 unspecified atom stereocenters. The summed E-state index contributed by atoms with van der Waals surface area (Å²) in [5.74, 6) is 0.877. The number of nitrogens with two attached hydrogens (primary N) is 1. The zero-order valence-electron chi connectivity index (χ0n) is 9.44. The van der Waals surface area contributed by atoms with Crippen LogP contribution in [0, 0.1) is 0 Å². The fourth-order valence-corrected chi connectivity index (χ4v) is 3.05. The van der Waals surface area contributed by atoms with Crippen LogP contribution in [-0.2, 0) is 6.54 Å². The number of thiazole rings is 1. The Hall–Kier alpha value is -0.910. The van der Waals surface area contributed by atoms with Crippen LogP contribution in [-0.4, -0.2) is 11.6 Å². The van der Waals surface area contributed by atoms with Gasteiger partial charge in [0.25, 0.3) is 0 Å². The van der Waals surface area contributed by atoms with Crippen molar-refractivity contribution in [3.05, 3.63) is 33.1 Å². The summed E-state index contributed by atoms with van der Waals surface area (Å²) >= 11 is 5.09. The molecule has 0 saturated heterocycles. The number of aromatic nitrogens is 1. The van der Waals surface area contributed by atoms with Crippen LogP contribution in [0.5, 0.6) is 5.75 Å². The number of nitrogens with zero attached hydrogens (tertiary/aromatic N) is 1. The van der Waals surface area contributed by atoms with Gasteiger partial charge < -0.3 is 10.5 Å². The van der Waals surface area contributed by atoms with E-state index in [1.807, 2.05) is 31.2 Å². The van der Waals surface area contributed by atoms with E-state index in [2.05, 4.69) is 20.9 Å². The Balaban J connectivity index is 2.29. The molecule has 90 valence electrons. The van der Waals surface area contributed by atoms with Crippen LogP contribution in [0.2, 0.25) is 0 Å². The van der Waals surface area contributed by atoms with E-state index in [9.17, 15) is 0 Å². The zero-order chi connectivity index (χ0) is 12.3. The van der Waals surface area contributed by atoms with Gasteiger partial charge in [-0.15, -0.1) is 11.3 Å². The largest absolute Gasteiger partial charge is 0.494 e. The first kappa shape index (κ1) is 12.5. The number of ether oxygens (including phenoxy) is 1. The topological polar surface area (TPSA) is 48.1 Å². The maximum absolute atomic E-state index is 5.58. The molecule has 0 radical (unpaired) electrons. The van der Waals surface area contributed by atoms with Gasteiger partial charge in [-0.25, -0.2) is 4.98 Å². The third kappa shape index (κ3) is 2.86. The lowest BCUT2D eigenvalue weighted by molar-refractivity contribution is 0.340. The molecule has 17 heavy (non-hydrogen) atoms. The summed E-state index contributed by atoms with van der Waals surface area (Å²) in [6.45, 7) is 3.12. The Morgan fingerprint density at radius 2 is 2.06 bits per heavy atom. The second kappa shape index (κ2) is 5.62. The van der Waals surface area contributed by atoms with E-state index in [0.717, 1.165) is 25.8 Å². The highest BCUT2D eigenvalue weighted by Gasteiger charge is 2.10. The van der Waals surface area contributed by atoms with Crippen LogP contribution >= 0.6 is 27.3 Å². The number of rotatable bonds is 4. The average Bonchev–Trinajstić information content (AvgIpc) is 2.72. The molecular formula is C12H13BrN2OS. The lowest BCUT2D eigenvalue weighted by Crippen LogP contribution is -1.94. The smallest absolute Gasteiger partial charge is 0.119 e. The first-order valence-electron chi connectivity index (χ1n) is 5.33. The van der Waals surface area contributed by atoms with Crippen molar-refractivity contribution in [2.75, 3.05) is 6.61 Å². The molecule has 0 aliphatic rings. The highest BCUT2D eigenvalue weighted by Crippen LogP contribution is 2.33. The Morgan fingerprint density at radius 3 is 2.59 bits per heavy atom. The molecule has 0 bridgehead atoms. The van der Waals surface area contributed by atoms with Gasteiger partial charge in [-0.2, -0.15) is 0 Å². The number of halogens is 1. The third-order valence-electron chi connectivity index (χ3n) is 2.24. The number of benzene rings is 1. The van der Waals surface area contributed by atoms with Crippen molar-refractivity contribution in [1.82, 2.24) is 4.98 Å². The monoisotopic (exact) mass is 312 g/mol. The summed E-state index contributed by atoms with van der Waals surface area (Å²) < 4.78 is 6.42. The summed E-state index contributed by atoms with van der Waals surface area (Å²) in [5.41, 5.74) is 7.59. The van der Waals surface area contributed by atoms with Gasteiger partial charge in [0.15, 0.2) is 0 Å². The second-order valence-corrected chi connectivity index (χ2v) is 5.79. The normalized spacial score (nSPS) is 10.5. The summed E-state index contributed by atoms with van der Waals surface area (Å²) in [6.07, 6.45) is 0. The molecule has 2 aromatic rings. The SMILES string of the molecule is CCOc1ccc(-c2nc(CN)sc2Br)cc1. The molecule has 2 rings (SSSR count). The Kier molecular flexibility index (Phi) is 4.15. The quantitative estimate of drug-likeness (QED) is 0.941. The minimum Gasteiger partial charge on any atom is -0.494 e. The molecule has 0 spiro atoms. The molecule has 3 nitrogen and oxygen atoms in total. The summed E-state index contributed by atoms with van der Waals surface area (Å²) in [7, 11) is 0. The Labute approximate surface area is 113 Å². The fourth-order valence-electron chi connectivity index (χ4n) is 1.48. The average molecular weight is 313 g/mol. The minimum absolute atomic E-state index is 0.473. The van der Waals surface area contributed by atoms with E-state index in [0.29, 0.717) is 13.2 Å².